The van der Waals surface area contributed by atoms with Crippen molar-refractivity contribution in [1.29, 1.82) is 0 Å². The molecular formula is C22H24N4OS. The molecule has 4 rings (SSSR count). The molecule has 1 N–H and O–H groups in total. The van der Waals surface area contributed by atoms with Gasteiger partial charge in [-0.1, -0.05) is 25.0 Å². The molecule has 1 aliphatic carbocycles. The summed E-state index contributed by atoms with van der Waals surface area (Å²) in [5, 5.41) is 8.14. The Kier molecular flexibility index (Phi) is 5.48. The fourth-order valence-electron chi connectivity index (χ4n) is 3.56. The van der Waals surface area contributed by atoms with Gasteiger partial charge in [-0.15, -0.1) is 11.8 Å². The molecule has 3 aromatic rings. The summed E-state index contributed by atoms with van der Waals surface area (Å²) in [5.74, 6) is 0.561. The fraction of sp³-hybridized carbons (Fsp3) is 0.318. The Morgan fingerprint density at radius 3 is 2.61 bits per heavy atom. The Morgan fingerprint density at radius 1 is 1.14 bits per heavy atom. The van der Waals surface area contributed by atoms with Crippen molar-refractivity contribution in [1.82, 2.24) is 14.8 Å². The molecule has 28 heavy (non-hydrogen) atoms. The second-order valence-corrected chi connectivity index (χ2v) is 8.56. The van der Waals surface area contributed by atoms with Crippen LogP contribution in [0.4, 0.5) is 5.69 Å². The van der Waals surface area contributed by atoms with Crippen molar-refractivity contribution >= 4 is 23.4 Å². The highest BCUT2D eigenvalue weighted by Gasteiger charge is 2.18. The van der Waals surface area contributed by atoms with Gasteiger partial charge in [0.1, 0.15) is 0 Å². The quantitative estimate of drug-likeness (QED) is 0.651. The lowest BCUT2D eigenvalue weighted by atomic mass is 10.2. The van der Waals surface area contributed by atoms with Crippen molar-refractivity contribution in [3.8, 4) is 5.82 Å². The molecular weight excluding hydrogens is 368 g/mol. The van der Waals surface area contributed by atoms with Gasteiger partial charge in [0.25, 0.3) is 5.91 Å². The number of nitrogens with zero attached hydrogens (tertiary/aromatic N) is 3. The summed E-state index contributed by atoms with van der Waals surface area (Å²) < 4.78 is 1.78. The normalized spacial score (nSPS) is 14.4. The molecule has 2 aromatic heterocycles. The van der Waals surface area contributed by atoms with Gasteiger partial charge in [-0.2, -0.15) is 5.10 Å². The zero-order valence-corrected chi connectivity index (χ0v) is 17.0. The highest BCUT2D eigenvalue weighted by Crippen LogP contribution is 2.38. The van der Waals surface area contributed by atoms with Crippen molar-refractivity contribution < 1.29 is 4.79 Å². The first-order valence-corrected chi connectivity index (χ1v) is 10.5. The van der Waals surface area contributed by atoms with Gasteiger partial charge in [-0.05, 0) is 57.0 Å². The largest absolute Gasteiger partial charge is 0.321 e. The van der Waals surface area contributed by atoms with E-state index in [4.69, 9.17) is 0 Å². The fourth-order valence-corrected chi connectivity index (χ4v) is 4.89. The van der Waals surface area contributed by atoms with E-state index >= 15 is 0 Å². The molecule has 6 heteroatoms. The van der Waals surface area contributed by atoms with Crippen LogP contribution >= 0.6 is 11.8 Å². The Bertz CT molecular complexity index is 974. The molecule has 5 nitrogen and oxygen atoms in total. The highest BCUT2D eigenvalue weighted by molar-refractivity contribution is 8.00. The minimum atomic E-state index is -0.146. The first-order chi connectivity index (χ1) is 13.6. The predicted molar refractivity (Wildman–Crippen MR) is 113 cm³/mol. The number of rotatable bonds is 5. The monoisotopic (exact) mass is 392 g/mol. The summed E-state index contributed by atoms with van der Waals surface area (Å²) in [4.78, 5) is 18.3. The summed E-state index contributed by atoms with van der Waals surface area (Å²) in [6, 6.07) is 13.7. The average Bonchev–Trinajstić information content (AvgIpc) is 3.32. The summed E-state index contributed by atoms with van der Waals surface area (Å²) in [6.45, 7) is 3.94. The predicted octanol–water partition coefficient (Wildman–Crippen LogP) is 5.17. The van der Waals surface area contributed by atoms with Crippen molar-refractivity contribution in [2.75, 3.05) is 5.32 Å². The molecule has 0 unspecified atom stereocenters. The minimum absolute atomic E-state index is 0.146. The van der Waals surface area contributed by atoms with E-state index in [9.17, 15) is 4.79 Å². The van der Waals surface area contributed by atoms with E-state index in [1.165, 1.54) is 25.7 Å². The van der Waals surface area contributed by atoms with Crippen LogP contribution in [-0.4, -0.2) is 25.9 Å². The minimum Gasteiger partial charge on any atom is -0.321 e. The number of carbonyl (C=O) groups is 1. The van der Waals surface area contributed by atoms with Gasteiger partial charge in [-0.3, -0.25) is 4.79 Å². The van der Waals surface area contributed by atoms with Crippen LogP contribution < -0.4 is 5.32 Å². The van der Waals surface area contributed by atoms with Crippen molar-refractivity contribution in [3.05, 3.63) is 65.6 Å². The third-order valence-corrected chi connectivity index (χ3v) is 6.38. The zero-order chi connectivity index (χ0) is 19.5. The zero-order valence-electron chi connectivity index (χ0n) is 16.2. The number of hydrogen-bond donors (Lipinski definition) is 1. The lowest BCUT2D eigenvalue weighted by molar-refractivity contribution is 0.102. The maximum absolute atomic E-state index is 12.7. The number of thioether (sulfide) groups is 1. The summed E-state index contributed by atoms with van der Waals surface area (Å²) in [6.07, 6.45) is 6.72. The Balaban J connectivity index is 1.49. The Labute approximate surface area is 169 Å². The van der Waals surface area contributed by atoms with Crippen LogP contribution in [0.5, 0.6) is 0 Å². The van der Waals surface area contributed by atoms with E-state index in [0.717, 1.165) is 22.0 Å². The molecule has 1 amide bonds. The topological polar surface area (TPSA) is 59.8 Å². The molecule has 0 saturated heterocycles. The second kappa shape index (κ2) is 8.19. The summed E-state index contributed by atoms with van der Waals surface area (Å²) in [7, 11) is 0. The number of aryl methyl sites for hydroxylation is 2. The van der Waals surface area contributed by atoms with Crippen LogP contribution in [-0.2, 0) is 0 Å². The van der Waals surface area contributed by atoms with Crippen LogP contribution in [0, 0.1) is 13.8 Å². The van der Waals surface area contributed by atoms with Gasteiger partial charge in [0.05, 0.1) is 16.9 Å². The second-order valence-electron chi connectivity index (χ2n) is 7.22. The molecule has 0 spiro atoms. The van der Waals surface area contributed by atoms with Gasteiger partial charge in [0.15, 0.2) is 5.82 Å². The smallest absolute Gasteiger partial charge is 0.257 e. The highest BCUT2D eigenvalue weighted by atomic mass is 32.2. The van der Waals surface area contributed by atoms with Gasteiger partial charge in [0, 0.05) is 22.0 Å². The SMILES string of the molecule is Cc1cc(C)n(-c2ccc(C(=O)Nc3ccccc3SC3CCCC3)cn2)n1. The number of carbonyl (C=O) groups excluding carboxylic acids is 1. The van der Waals surface area contributed by atoms with Crippen LogP contribution in [0.15, 0.2) is 53.6 Å². The lowest BCUT2D eigenvalue weighted by Gasteiger charge is -2.14. The molecule has 0 aliphatic heterocycles. The number of aromatic nitrogens is 3. The van der Waals surface area contributed by atoms with E-state index in [2.05, 4.69) is 21.5 Å². The van der Waals surface area contributed by atoms with E-state index in [-0.39, 0.29) is 5.91 Å². The molecule has 1 aliphatic rings. The standard InChI is InChI=1S/C22H24N4OS/c1-15-13-16(2)26(25-15)21-12-11-17(14-23-21)22(27)24-19-9-5-6-10-20(19)28-18-7-3-4-8-18/h5-6,9-14,18H,3-4,7-8H2,1-2H3,(H,24,27). The molecule has 0 radical (unpaired) electrons. The van der Waals surface area contributed by atoms with Crippen LogP contribution in [0.3, 0.4) is 0 Å². The summed E-state index contributed by atoms with van der Waals surface area (Å²) >= 11 is 1.88. The van der Waals surface area contributed by atoms with Crippen LogP contribution in [0.1, 0.15) is 47.4 Å². The number of para-hydroxylation sites is 1. The van der Waals surface area contributed by atoms with Gasteiger partial charge < -0.3 is 5.32 Å². The van der Waals surface area contributed by atoms with Gasteiger partial charge >= 0.3 is 0 Å². The first kappa shape index (κ1) is 18.7. The third kappa shape index (κ3) is 4.12. The van der Waals surface area contributed by atoms with E-state index in [0.29, 0.717) is 16.6 Å². The van der Waals surface area contributed by atoms with Crippen molar-refractivity contribution in [2.24, 2.45) is 0 Å². The molecule has 0 atom stereocenters. The van der Waals surface area contributed by atoms with Crippen LogP contribution in [0.25, 0.3) is 5.82 Å². The number of pyridine rings is 1. The maximum Gasteiger partial charge on any atom is 0.257 e. The molecule has 1 saturated carbocycles. The summed E-state index contributed by atoms with van der Waals surface area (Å²) in [5.41, 5.74) is 3.36. The number of benzene rings is 1. The van der Waals surface area contributed by atoms with E-state index < -0.39 is 0 Å². The third-order valence-electron chi connectivity index (χ3n) is 4.97. The number of amides is 1. The lowest BCUT2D eigenvalue weighted by Crippen LogP contribution is -2.13. The molecule has 1 fully saturated rings. The van der Waals surface area contributed by atoms with Crippen molar-refractivity contribution in [3.63, 3.8) is 0 Å². The van der Waals surface area contributed by atoms with E-state index in [1.54, 1.807) is 16.9 Å². The number of hydrogen-bond acceptors (Lipinski definition) is 4. The maximum atomic E-state index is 12.7. The molecule has 2 heterocycles. The molecule has 144 valence electrons. The average molecular weight is 393 g/mol. The van der Waals surface area contributed by atoms with Crippen LogP contribution in [0.2, 0.25) is 0 Å². The van der Waals surface area contributed by atoms with Gasteiger partial charge in [-0.25, -0.2) is 9.67 Å². The van der Waals surface area contributed by atoms with Crippen molar-refractivity contribution in [2.45, 2.75) is 49.7 Å². The Morgan fingerprint density at radius 2 is 1.93 bits per heavy atom. The number of anilines is 1. The molecule has 1 aromatic carbocycles. The van der Waals surface area contributed by atoms with E-state index in [1.807, 2.05) is 55.9 Å². The molecule has 0 bridgehead atoms. The van der Waals surface area contributed by atoms with Gasteiger partial charge in [0.2, 0.25) is 0 Å². The first-order valence-electron chi connectivity index (χ1n) is 9.67. The number of nitrogens with one attached hydrogen (secondary N) is 1. The Hall–Kier alpha value is -2.60.